The van der Waals surface area contributed by atoms with E-state index >= 15 is 0 Å². The van der Waals surface area contributed by atoms with Gasteiger partial charge >= 0.3 is 0 Å². The quantitative estimate of drug-likeness (QED) is 0.614. The molecule has 0 aliphatic carbocycles. The number of hydrogen-bond acceptors (Lipinski definition) is 4. The summed E-state index contributed by atoms with van der Waals surface area (Å²) in [6.07, 6.45) is 0.935. The summed E-state index contributed by atoms with van der Waals surface area (Å²) in [4.78, 5) is 26.6. The highest BCUT2D eigenvalue weighted by Crippen LogP contribution is 2.29. The van der Waals surface area contributed by atoms with E-state index in [9.17, 15) is 9.59 Å². The third kappa shape index (κ3) is 4.75. The second-order valence-corrected chi connectivity index (χ2v) is 7.86. The highest BCUT2D eigenvalue weighted by atomic mass is 16.5. The van der Waals surface area contributed by atoms with Crippen LogP contribution in [0.3, 0.4) is 0 Å². The Kier molecular flexibility index (Phi) is 6.40. The van der Waals surface area contributed by atoms with Gasteiger partial charge in [0, 0.05) is 24.6 Å². The van der Waals surface area contributed by atoms with Gasteiger partial charge in [-0.2, -0.15) is 0 Å². The fourth-order valence-electron chi connectivity index (χ4n) is 4.03. The Morgan fingerprint density at radius 2 is 1.81 bits per heavy atom. The SMILES string of the molecule is COc1ccc(C2CCN(C(=O)c3cccc(COc4ccccc4C(N)=O)c3)C2)cc1. The van der Waals surface area contributed by atoms with Gasteiger partial charge in [0.15, 0.2) is 0 Å². The molecule has 6 heteroatoms. The van der Waals surface area contributed by atoms with Crippen molar-refractivity contribution < 1.29 is 19.1 Å². The minimum atomic E-state index is -0.537. The Bertz CT molecular complexity index is 1110. The molecule has 2 N–H and O–H groups in total. The lowest BCUT2D eigenvalue weighted by molar-refractivity contribution is 0.0790. The van der Waals surface area contributed by atoms with Crippen LogP contribution in [0, 0.1) is 0 Å². The molecule has 3 aromatic rings. The second kappa shape index (κ2) is 9.56. The lowest BCUT2D eigenvalue weighted by atomic mass is 9.98. The van der Waals surface area contributed by atoms with Crippen LogP contribution in [-0.2, 0) is 6.61 Å². The van der Waals surface area contributed by atoms with Crippen LogP contribution >= 0.6 is 0 Å². The number of nitrogens with zero attached hydrogens (tertiary/aromatic N) is 1. The standard InChI is InChI=1S/C26H26N2O4/c1-31-22-11-9-19(10-12-22)21-13-14-28(16-21)26(30)20-6-4-5-18(15-20)17-32-24-8-3-2-7-23(24)25(27)29/h2-12,15,21H,13-14,16-17H2,1H3,(H2,27,29). The van der Waals surface area contributed by atoms with Gasteiger partial charge in [-0.25, -0.2) is 0 Å². The summed E-state index contributed by atoms with van der Waals surface area (Å²) in [5.74, 6) is 1.06. The molecule has 1 atom stereocenters. The smallest absolute Gasteiger partial charge is 0.253 e. The Hall–Kier alpha value is -3.80. The second-order valence-electron chi connectivity index (χ2n) is 7.86. The highest BCUT2D eigenvalue weighted by Gasteiger charge is 2.28. The summed E-state index contributed by atoms with van der Waals surface area (Å²) >= 11 is 0. The minimum Gasteiger partial charge on any atom is -0.497 e. The number of ether oxygens (including phenoxy) is 2. The molecule has 1 heterocycles. The predicted octanol–water partition coefficient (Wildman–Crippen LogP) is 4.00. The van der Waals surface area contributed by atoms with Gasteiger partial charge in [-0.3, -0.25) is 9.59 Å². The number of likely N-dealkylation sites (tertiary alicyclic amines) is 1. The summed E-state index contributed by atoms with van der Waals surface area (Å²) in [5, 5.41) is 0. The van der Waals surface area contributed by atoms with E-state index in [4.69, 9.17) is 15.2 Å². The highest BCUT2D eigenvalue weighted by molar-refractivity contribution is 5.95. The Balaban J connectivity index is 1.41. The number of rotatable bonds is 7. The summed E-state index contributed by atoms with van der Waals surface area (Å²) < 4.78 is 11.0. The molecule has 1 aliphatic rings. The zero-order valence-electron chi connectivity index (χ0n) is 18.0. The Labute approximate surface area is 187 Å². The van der Waals surface area contributed by atoms with Gasteiger partial charge in [0.1, 0.15) is 18.1 Å². The molecule has 1 fully saturated rings. The van der Waals surface area contributed by atoms with Crippen molar-refractivity contribution in [1.82, 2.24) is 4.90 Å². The number of methoxy groups -OCH3 is 1. The number of primary amides is 1. The summed E-state index contributed by atoms with van der Waals surface area (Å²) in [6.45, 7) is 1.65. The first-order chi connectivity index (χ1) is 15.5. The summed E-state index contributed by atoms with van der Waals surface area (Å²) in [6, 6.07) is 22.3. The van der Waals surface area contributed by atoms with E-state index in [0.29, 0.717) is 29.3 Å². The molecular formula is C26H26N2O4. The van der Waals surface area contributed by atoms with E-state index in [1.54, 1.807) is 31.4 Å². The van der Waals surface area contributed by atoms with Crippen LogP contribution in [-0.4, -0.2) is 36.9 Å². The molecule has 1 aliphatic heterocycles. The molecule has 1 unspecified atom stereocenters. The van der Waals surface area contributed by atoms with Crippen molar-refractivity contribution in [3.05, 3.63) is 95.1 Å². The number of amides is 2. The van der Waals surface area contributed by atoms with Crippen molar-refractivity contribution in [3.8, 4) is 11.5 Å². The van der Waals surface area contributed by atoms with Gasteiger partial charge in [-0.15, -0.1) is 0 Å². The molecular weight excluding hydrogens is 404 g/mol. The normalized spacial score (nSPS) is 15.4. The summed E-state index contributed by atoms with van der Waals surface area (Å²) in [7, 11) is 1.65. The van der Waals surface area contributed by atoms with E-state index < -0.39 is 5.91 Å². The molecule has 32 heavy (non-hydrogen) atoms. The molecule has 164 valence electrons. The number of nitrogens with two attached hydrogens (primary N) is 1. The average molecular weight is 431 g/mol. The van der Waals surface area contributed by atoms with E-state index in [1.165, 1.54) is 5.56 Å². The lowest BCUT2D eigenvalue weighted by Crippen LogP contribution is -2.28. The number of carbonyl (C=O) groups excluding carboxylic acids is 2. The van der Waals surface area contributed by atoms with Crippen LogP contribution in [0.15, 0.2) is 72.8 Å². The molecule has 0 bridgehead atoms. The van der Waals surface area contributed by atoms with Crippen molar-refractivity contribution >= 4 is 11.8 Å². The first kappa shape index (κ1) is 21.4. The van der Waals surface area contributed by atoms with E-state index in [2.05, 4.69) is 12.1 Å². The van der Waals surface area contributed by atoms with Crippen LogP contribution in [0.2, 0.25) is 0 Å². The van der Waals surface area contributed by atoms with Gasteiger partial charge in [0.05, 0.1) is 12.7 Å². The topological polar surface area (TPSA) is 81.9 Å². The zero-order valence-corrected chi connectivity index (χ0v) is 18.0. The minimum absolute atomic E-state index is 0.0143. The summed E-state index contributed by atoms with van der Waals surface area (Å²) in [5.41, 5.74) is 8.44. The maximum absolute atomic E-state index is 13.1. The van der Waals surface area contributed by atoms with Gasteiger partial charge in [-0.05, 0) is 53.9 Å². The number of benzene rings is 3. The fraction of sp³-hybridized carbons (Fsp3) is 0.231. The fourth-order valence-corrected chi connectivity index (χ4v) is 4.03. The van der Waals surface area contributed by atoms with Crippen molar-refractivity contribution in [2.45, 2.75) is 18.9 Å². The van der Waals surface area contributed by atoms with E-state index in [0.717, 1.165) is 24.3 Å². The van der Waals surface area contributed by atoms with Crippen LogP contribution in [0.25, 0.3) is 0 Å². The Morgan fingerprint density at radius 1 is 1.03 bits per heavy atom. The van der Waals surface area contributed by atoms with E-state index in [-0.39, 0.29) is 12.5 Å². The van der Waals surface area contributed by atoms with Crippen molar-refractivity contribution in [2.75, 3.05) is 20.2 Å². The van der Waals surface area contributed by atoms with Crippen molar-refractivity contribution in [1.29, 1.82) is 0 Å². The Morgan fingerprint density at radius 3 is 2.56 bits per heavy atom. The first-order valence-electron chi connectivity index (χ1n) is 10.6. The molecule has 4 rings (SSSR count). The molecule has 2 amide bonds. The molecule has 0 aromatic heterocycles. The number of para-hydroxylation sites is 1. The monoisotopic (exact) mass is 430 g/mol. The zero-order chi connectivity index (χ0) is 22.5. The molecule has 3 aromatic carbocycles. The van der Waals surface area contributed by atoms with Gasteiger partial charge in [0.2, 0.25) is 0 Å². The molecule has 0 spiro atoms. The van der Waals surface area contributed by atoms with Crippen LogP contribution in [0.5, 0.6) is 11.5 Å². The van der Waals surface area contributed by atoms with Gasteiger partial charge in [0.25, 0.3) is 11.8 Å². The van der Waals surface area contributed by atoms with Crippen LogP contribution in [0.1, 0.15) is 44.2 Å². The van der Waals surface area contributed by atoms with Gasteiger partial charge < -0.3 is 20.1 Å². The van der Waals surface area contributed by atoms with Gasteiger partial charge in [-0.1, -0.05) is 36.4 Å². The molecule has 0 saturated carbocycles. The van der Waals surface area contributed by atoms with E-state index in [1.807, 2.05) is 41.3 Å². The molecule has 1 saturated heterocycles. The largest absolute Gasteiger partial charge is 0.497 e. The van der Waals surface area contributed by atoms with Crippen LogP contribution < -0.4 is 15.2 Å². The van der Waals surface area contributed by atoms with Crippen molar-refractivity contribution in [3.63, 3.8) is 0 Å². The van der Waals surface area contributed by atoms with Crippen molar-refractivity contribution in [2.24, 2.45) is 5.73 Å². The third-order valence-electron chi connectivity index (χ3n) is 5.78. The maximum Gasteiger partial charge on any atom is 0.253 e. The first-order valence-corrected chi connectivity index (χ1v) is 10.6. The molecule has 0 radical (unpaired) electrons. The average Bonchev–Trinajstić information content (AvgIpc) is 3.33. The van der Waals surface area contributed by atoms with Crippen LogP contribution in [0.4, 0.5) is 0 Å². The number of hydrogen-bond donors (Lipinski definition) is 1. The number of carbonyl (C=O) groups is 2. The molecule has 6 nitrogen and oxygen atoms in total. The predicted molar refractivity (Wildman–Crippen MR) is 122 cm³/mol. The maximum atomic E-state index is 13.1. The lowest BCUT2D eigenvalue weighted by Gasteiger charge is -2.17. The third-order valence-corrected chi connectivity index (χ3v) is 5.78.